The van der Waals surface area contributed by atoms with E-state index < -0.39 is 0 Å². The lowest BCUT2D eigenvalue weighted by molar-refractivity contribution is -0.115. The number of halogens is 1. The molecular formula is C13H13ClO. The molecular weight excluding hydrogens is 208 g/mol. The van der Waals surface area contributed by atoms with Gasteiger partial charge in [0.05, 0.1) is 0 Å². The molecule has 0 aliphatic heterocycles. The first kappa shape index (κ1) is 10.4. The Bertz CT molecular complexity index is 407. The van der Waals surface area contributed by atoms with Crippen LogP contribution in [0.1, 0.15) is 24.8 Å². The van der Waals surface area contributed by atoms with Crippen LogP contribution in [0.3, 0.4) is 0 Å². The van der Waals surface area contributed by atoms with Gasteiger partial charge >= 0.3 is 0 Å². The number of hydrogen-bond acceptors (Lipinski definition) is 1. The van der Waals surface area contributed by atoms with Crippen LogP contribution in [0.4, 0.5) is 0 Å². The summed E-state index contributed by atoms with van der Waals surface area (Å²) in [6.07, 6.45) is 5.39. The van der Waals surface area contributed by atoms with Crippen molar-refractivity contribution in [2.24, 2.45) is 0 Å². The Morgan fingerprint density at radius 2 is 2.13 bits per heavy atom. The van der Waals surface area contributed by atoms with Crippen LogP contribution in [0.15, 0.2) is 35.9 Å². The van der Waals surface area contributed by atoms with E-state index in [0.29, 0.717) is 6.42 Å². The van der Waals surface area contributed by atoms with Crippen LogP contribution in [0.25, 0.3) is 0 Å². The zero-order chi connectivity index (χ0) is 10.7. The predicted molar refractivity (Wildman–Crippen MR) is 62.1 cm³/mol. The van der Waals surface area contributed by atoms with E-state index in [0.717, 1.165) is 24.3 Å². The molecule has 0 amide bonds. The first-order valence-corrected chi connectivity index (χ1v) is 5.58. The molecule has 15 heavy (non-hydrogen) atoms. The van der Waals surface area contributed by atoms with Gasteiger partial charge in [0, 0.05) is 11.4 Å². The predicted octanol–water partition coefficient (Wildman–Crippen LogP) is 3.56. The molecule has 1 aromatic carbocycles. The molecule has 1 nitrogen and oxygen atoms in total. The van der Waals surface area contributed by atoms with Gasteiger partial charge in [0.15, 0.2) is 5.78 Å². The highest BCUT2D eigenvalue weighted by Gasteiger charge is 2.10. The molecule has 78 valence electrons. The summed E-state index contributed by atoms with van der Waals surface area (Å²) in [6, 6.07) is 7.82. The number of allylic oxidation sites excluding steroid dienone is 2. The lowest BCUT2D eigenvalue weighted by Gasteiger charge is -2.11. The Balaban J connectivity index is 2.11. The van der Waals surface area contributed by atoms with E-state index in [1.807, 2.05) is 24.3 Å². The average molecular weight is 221 g/mol. The third kappa shape index (κ3) is 2.93. The first-order chi connectivity index (χ1) is 7.24. The molecule has 1 aliphatic rings. The highest BCUT2D eigenvalue weighted by atomic mass is 35.5. The molecule has 0 bridgehead atoms. The Labute approximate surface area is 94.8 Å². The summed E-state index contributed by atoms with van der Waals surface area (Å²) in [5.41, 5.74) is 2.41. The Kier molecular flexibility index (Phi) is 3.22. The van der Waals surface area contributed by atoms with Crippen molar-refractivity contribution >= 4 is 17.4 Å². The van der Waals surface area contributed by atoms with Crippen LogP contribution < -0.4 is 0 Å². The number of rotatable bonds is 2. The normalized spacial score (nSPS) is 16.3. The second-order valence-corrected chi connectivity index (χ2v) is 4.37. The van der Waals surface area contributed by atoms with Gasteiger partial charge in [-0.05, 0) is 43.0 Å². The second-order valence-electron chi connectivity index (χ2n) is 3.93. The van der Waals surface area contributed by atoms with Gasteiger partial charge in [0.25, 0.3) is 0 Å². The minimum Gasteiger partial charge on any atom is -0.295 e. The zero-order valence-corrected chi connectivity index (χ0v) is 9.26. The van der Waals surface area contributed by atoms with E-state index >= 15 is 0 Å². The SMILES string of the molecule is O=C1C=C(Cc2cccc(Cl)c2)CCC1. The number of hydrogen-bond donors (Lipinski definition) is 0. The van der Waals surface area contributed by atoms with Gasteiger partial charge in [-0.25, -0.2) is 0 Å². The highest BCUT2D eigenvalue weighted by Crippen LogP contribution is 2.21. The molecule has 0 saturated heterocycles. The molecule has 0 aromatic heterocycles. The van der Waals surface area contributed by atoms with Crippen molar-refractivity contribution in [2.75, 3.05) is 0 Å². The maximum Gasteiger partial charge on any atom is 0.155 e. The van der Waals surface area contributed by atoms with E-state index in [2.05, 4.69) is 0 Å². The first-order valence-electron chi connectivity index (χ1n) is 5.21. The summed E-state index contributed by atoms with van der Waals surface area (Å²) in [6.45, 7) is 0. The Morgan fingerprint density at radius 1 is 1.27 bits per heavy atom. The van der Waals surface area contributed by atoms with Crippen molar-refractivity contribution in [2.45, 2.75) is 25.7 Å². The Morgan fingerprint density at radius 3 is 2.87 bits per heavy atom. The van der Waals surface area contributed by atoms with E-state index in [1.54, 1.807) is 6.08 Å². The van der Waals surface area contributed by atoms with Gasteiger partial charge in [0.1, 0.15) is 0 Å². The zero-order valence-electron chi connectivity index (χ0n) is 8.50. The van der Waals surface area contributed by atoms with E-state index in [-0.39, 0.29) is 5.78 Å². The molecule has 0 atom stereocenters. The van der Waals surface area contributed by atoms with Crippen molar-refractivity contribution < 1.29 is 4.79 Å². The van der Waals surface area contributed by atoms with Crippen LogP contribution in [-0.4, -0.2) is 5.78 Å². The monoisotopic (exact) mass is 220 g/mol. The molecule has 1 aliphatic carbocycles. The number of ketones is 1. The van der Waals surface area contributed by atoms with Crippen LogP contribution in [0.2, 0.25) is 5.02 Å². The van der Waals surface area contributed by atoms with Gasteiger partial charge in [0.2, 0.25) is 0 Å². The standard InChI is InChI=1S/C13H13ClO/c14-12-5-1-3-10(8-12)7-11-4-2-6-13(15)9-11/h1,3,5,8-9H,2,4,6-7H2. The third-order valence-electron chi connectivity index (χ3n) is 2.61. The lowest BCUT2D eigenvalue weighted by Crippen LogP contribution is -2.04. The molecule has 0 unspecified atom stereocenters. The lowest BCUT2D eigenvalue weighted by atomic mass is 9.93. The maximum absolute atomic E-state index is 11.2. The molecule has 0 N–H and O–H groups in total. The number of carbonyl (C=O) groups is 1. The molecule has 0 radical (unpaired) electrons. The highest BCUT2D eigenvalue weighted by molar-refractivity contribution is 6.30. The fourth-order valence-electron chi connectivity index (χ4n) is 1.91. The van der Waals surface area contributed by atoms with Gasteiger partial charge < -0.3 is 0 Å². The molecule has 1 aromatic rings. The second kappa shape index (κ2) is 4.63. The third-order valence-corrected chi connectivity index (χ3v) is 2.84. The Hall–Kier alpha value is -1.08. The van der Waals surface area contributed by atoms with Crippen LogP contribution in [0, 0.1) is 0 Å². The summed E-state index contributed by atoms with van der Waals surface area (Å²) in [5.74, 6) is 0.262. The molecule has 2 heteroatoms. The smallest absolute Gasteiger partial charge is 0.155 e. The van der Waals surface area contributed by atoms with Crippen LogP contribution in [-0.2, 0) is 11.2 Å². The fourth-order valence-corrected chi connectivity index (χ4v) is 2.12. The average Bonchev–Trinajstić information content (AvgIpc) is 2.17. The van der Waals surface area contributed by atoms with Crippen LogP contribution >= 0.6 is 11.6 Å². The minimum atomic E-state index is 0.262. The molecule has 0 saturated carbocycles. The van der Waals surface area contributed by atoms with Crippen molar-refractivity contribution in [3.63, 3.8) is 0 Å². The van der Waals surface area contributed by atoms with Crippen molar-refractivity contribution in [3.05, 3.63) is 46.5 Å². The number of benzene rings is 1. The quantitative estimate of drug-likeness (QED) is 0.745. The summed E-state index contributed by atoms with van der Waals surface area (Å²) in [5, 5.41) is 0.759. The van der Waals surface area contributed by atoms with Gasteiger partial charge in [-0.3, -0.25) is 4.79 Å². The van der Waals surface area contributed by atoms with Crippen LogP contribution in [0.5, 0.6) is 0 Å². The van der Waals surface area contributed by atoms with E-state index in [9.17, 15) is 4.79 Å². The fraction of sp³-hybridized carbons (Fsp3) is 0.308. The molecule has 0 heterocycles. The largest absolute Gasteiger partial charge is 0.295 e. The van der Waals surface area contributed by atoms with E-state index in [4.69, 9.17) is 11.6 Å². The summed E-state index contributed by atoms with van der Waals surface area (Å²) < 4.78 is 0. The minimum absolute atomic E-state index is 0.262. The molecule has 0 fully saturated rings. The van der Waals surface area contributed by atoms with Crippen molar-refractivity contribution in [3.8, 4) is 0 Å². The van der Waals surface area contributed by atoms with Crippen molar-refractivity contribution in [1.29, 1.82) is 0 Å². The summed E-state index contributed by atoms with van der Waals surface area (Å²) in [4.78, 5) is 11.2. The number of carbonyl (C=O) groups excluding carboxylic acids is 1. The van der Waals surface area contributed by atoms with Gasteiger partial charge in [-0.1, -0.05) is 29.3 Å². The van der Waals surface area contributed by atoms with Crippen molar-refractivity contribution in [1.82, 2.24) is 0 Å². The topological polar surface area (TPSA) is 17.1 Å². The van der Waals surface area contributed by atoms with Gasteiger partial charge in [-0.15, -0.1) is 0 Å². The summed E-state index contributed by atoms with van der Waals surface area (Å²) >= 11 is 5.90. The molecule has 0 spiro atoms. The molecule has 2 rings (SSSR count). The van der Waals surface area contributed by atoms with Gasteiger partial charge in [-0.2, -0.15) is 0 Å². The maximum atomic E-state index is 11.2. The summed E-state index contributed by atoms with van der Waals surface area (Å²) in [7, 11) is 0. The van der Waals surface area contributed by atoms with E-state index in [1.165, 1.54) is 11.1 Å².